The van der Waals surface area contributed by atoms with E-state index >= 15 is 0 Å². The number of anilines is 1. The number of rotatable bonds is 3. The highest BCUT2D eigenvalue weighted by Gasteiger charge is 2.44. The molecule has 104 valence electrons. The van der Waals surface area contributed by atoms with Gasteiger partial charge < -0.3 is 15.8 Å². The van der Waals surface area contributed by atoms with Gasteiger partial charge >= 0.3 is 6.09 Å². The van der Waals surface area contributed by atoms with E-state index in [9.17, 15) is 4.79 Å². The SMILES string of the molecule is CC(C)(C)OC(=O)NC1(Cc2cccc(N)c2)CC1. The van der Waals surface area contributed by atoms with Crippen molar-refractivity contribution < 1.29 is 9.53 Å². The molecule has 1 aromatic rings. The first-order valence-electron chi connectivity index (χ1n) is 6.64. The Morgan fingerprint density at radius 1 is 1.42 bits per heavy atom. The smallest absolute Gasteiger partial charge is 0.408 e. The molecule has 1 aliphatic rings. The zero-order valence-electron chi connectivity index (χ0n) is 11.8. The van der Waals surface area contributed by atoms with Gasteiger partial charge in [0.2, 0.25) is 0 Å². The monoisotopic (exact) mass is 262 g/mol. The first-order valence-corrected chi connectivity index (χ1v) is 6.64. The van der Waals surface area contributed by atoms with E-state index in [1.54, 1.807) is 0 Å². The Hall–Kier alpha value is -1.71. The lowest BCUT2D eigenvalue weighted by atomic mass is 10.0. The van der Waals surface area contributed by atoms with Crippen LogP contribution in [-0.4, -0.2) is 17.2 Å². The molecule has 1 aromatic carbocycles. The number of hydrogen-bond acceptors (Lipinski definition) is 3. The Balaban J connectivity index is 1.95. The van der Waals surface area contributed by atoms with Crippen molar-refractivity contribution in [1.82, 2.24) is 5.32 Å². The number of alkyl carbamates (subject to hydrolysis) is 1. The van der Waals surface area contributed by atoms with E-state index in [0.717, 1.165) is 30.5 Å². The summed E-state index contributed by atoms with van der Waals surface area (Å²) in [6.45, 7) is 5.60. The van der Waals surface area contributed by atoms with Gasteiger partial charge in [-0.15, -0.1) is 0 Å². The third-order valence-electron chi connectivity index (χ3n) is 3.11. The van der Waals surface area contributed by atoms with E-state index in [4.69, 9.17) is 10.5 Å². The first-order chi connectivity index (χ1) is 8.78. The Morgan fingerprint density at radius 3 is 2.63 bits per heavy atom. The number of carbonyl (C=O) groups is 1. The third-order valence-corrected chi connectivity index (χ3v) is 3.11. The summed E-state index contributed by atoms with van der Waals surface area (Å²) < 4.78 is 5.30. The second-order valence-electron chi connectivity index (χ2n) is 6.33. The van der Waals surface area contributed by atoms with Crippen LogP contribution in [-0.2, 0) is 11.2 Å². The van der Waals surface area contributed by atoms with Gasteiger partial charge in [-0.25, -0.2) is 4.79 Å². The summed E-state index contributed by atoms with van der Waals surface area (Å²) in [6, 6.07) is 7.79. The summed E-state index contributed by atoms with van der Waals surface area (Å²) in [5.74, 6) is 0. The molecule has 0 spiro atoms. The number of ether oxygens (including phenoxy) is 1. The highest BCUT2D eigenvalue weighted by atomic mass is 16.6. The maximum absolute atomic E-state index is 11.8. The molecule has 0 radical (unpaired) electrons. The van der Waals surface area contributed by atoms with Crippen LogP contribution in [0.4, 0.5) is 10.5 Å². The molecule has 3 N–H and O–H groups in total. The van der Waals surface area contributed by atoms with E-state index in [2.05, 4.69) is 5.32 Å². The van der Waals surface area contributed by atoms with E-state index in [0.29, 0.717) is 0 Å². The fourth-order valence-corrected chi connectivity index (χ4v) is 2.11. The van der Waals surface area contributed by atoms with Crippen molar-refractivity contribution in [1.29, 1.82) is 0 Å². The molecule has 0 unspecified atom stereocenters. The zero-order valence-corrected chi connectivity index (χ0v) is 11.8. The summed E-state index contributed by atoms with van der Waals surface area (Å²) in [7, 11) is 0. The Bertz CT molecular complexity index is 473. The molecule has 0 saturated heterocycles. The molecule has 0 bridgehead atoms. The largest absolute Gasteiger partial charge is 0.444 e. The minimum absolute atomic E-state index is 0.143. The van der Waals surface area contributed by atoms with E-state index < -0.39 is 5.60 Å². The van der Waals surface area contributed by atoms with Crippen LogP contribution in [0.25, 0.3) is 0 Å². The van der Waals surface area contributed by atoms with Gasteiger partial charge in [0.25, 0.3) is 0 Å². The topological polar surface area (TPSA) is 64.3 Å². The van der Waals surface area contributed by atoms with Gasteiger partial charge in [-0.05, 0) is 57.7 Å². The summed E-state index contributed by atoms with van der Waals surface area (Å²) in [5.41, 5.74) is 7.07. The van der Waals surface area contributed by atoms with Gasteiger partial charge in [0.1, 0.15) is 5.60 Å². The number of amides is 1. The molecular formula is C15H22N2O2. The second kappa shape index (κ2) is 4.76. The van der Waals surface area contributed by atoms with E-state index in [1.807, 2.05) is 45.0 Å². The van der Waals surface area contributed by atoms with Crippen molar-refractivity contribution in [2.75, 3.05) is 5.73 Å². The Morgan fingerprint density at radius 2 is 2.11 bits per heavy atom. The molecule has 1 saturated carbocycles. The number of nitrogens with one attached hydrogen (secondary N) is 1. The molecule has 0 aromatic heterocycles. The summed E-state index contributed by atoms with van der Waals surface area (Å²) in [6.07, 6.45) is 2.44. The zero-order chi connectivity index (χ0) is 14.1. The van der Waals surface area contributed by atoms with Crippen molar-refractivity contribution in [3.8, 4) is 0 Å². The maximum atomic E-state index is 11.8. The van der Waals surface area contributed by atoms with E-state index in [-0.39, 0.29) is 11.6 Å². The van der Waals surface area contributed by atoms with Gasteiger partial charge in [-0.1, -0.05) is 12.1 Å². The van der Waals surface area contributed by atoms with Crippen LogP contribution < -0.4 is 11.1 Å². The summed E-state index contributed by atoms with van der Waals surface area (Å²) in [5, 5.41) is 2.99. The fourth-order valence-electron chi connectivity index (χ4n) is 2.11. The maximum Gasteiger partial charge on any atom is 0.408 e. The molecule has 0 heterocycles. The van der Waals surface area contributed by atoms with Crippen LogP contribution in [0.2, 0.25) is 0 Å². The highest BCUT2D eigenvalue weighted by Crippen LogP contribution is 2.39. The molecule has 0 aliphatic heterocycles. The van der Waals surface area contributed by atoms with Crippen molar-refractivity contribution in [3.05, 3.63) is 29.8 Å². The standard InChI is InChI=1S/C15H22N2O2/c1-14(2,3)19-13(18)17-15(7-8-15)10-11-5-4-6-12(16)9-11/h4-6,9H,7-8,10,16H2,1-3H3,(H,17,18). The molecule has 1 aliphatic carbocycles. The third kappa shape index (κ3) is 4.16. The van der Waals surface area contributed by atoms with Gasteiger partial charge in [-0.2, -0.15) is 0 Å². The van der Waals surface area contributed by atoms with E-state index in [1.165, 1.54) is 0 Å². The highest BCUT2D eigenvalue weighted by molar-refractivity contribution is 5.69. The number of benzene rings is 1. The lowest BCUT2D eigenvalue weighted by molar-refractivity contribution is 0.0496. The summed E-state index contributed by atoms with van der Waals surface area (Å²) in [4.78, 5) is 11.8. The van der Waals surface area contributed by atoms with Gasteiger partial charge in [-0.3, -0.25) is 0 Å². The van der Waals surface area contributed by atoms with Crippen LogP contribution in [0, 0.1) is 0 Å². The van der Waals surface area contributed by atoms with Crippen molar-refractivity contribution in [2.24, 2.45) is 0 Å². The second-order valence-corrected chi connectivity index (χ2v) is 6.33. The van der Waals surface area contributed by atoms with Crippen molar-refractivity contribution in [3.63, 3.8) is 0 Å². The lowest BCUT2D eigenvalue weighted by Crippen LogP contribution is -2.41. The molecule has 1 amide bonds. The number of hydrogen-bond donors (Lipinski definition) is 2. The predicted octanol–water partition coefficient (Wildman–Crippen LogP) is 2.87. The lowest BCUT2D eigenvalue weighted by Gasteiger charge is -2.23. The van der Waals surface area contributed by atoms with Crippen molar-refractivity contribution >= 4 is 11.8 Å². The summed E-state index contributed by atoms with van der Waals surface area (Å²) >= 11 is 0. The average Bonchev–Trinajstić information content (AvgIpc) is 2.94. The molecular weight excluding hydrogens is 240 g/mol. The minimum Gasteiger partial charge on any atom is -0.444 e. The van der Waals surface area contributed by atoms with Gasteiger partial charge in [0.05, 0.1) is 0 Å². The van der Waals surface area contributed by atoms with Crippen LogP contribution in [0.1, 0.15) is 39.2 Å². The molecule has 1 fully saturated rings. The van der Waals surface area contributed by atoms with Gasteiger partial charge in [0, 0.05) is 11.2 Å². The first kappa shape index (κ1) is 13.7. The van der Waals surface area contributed by atoms with Gasteiger partial charge in [0.15, 0.2) is 0 Å². The number of nitrogens with two attached hydrogens (primary N) is 1. The molecule has 4 nitrogen and oxygen atoms in total. The van der Waals surface area contributed by atoms with Crippen molar-refractivity contribution in [2.45, 2.75) is 51.2 Å². The average molecular weight is 262 g/mol. The molecule has 2 rings (SSSR count). The minimum atomic E-state index is -0.461. The normalized spacial score (nSPS) is 16.8. The van der Waals surface area contributed by atoms with Crippen LogP contribution in [0.3, 0.4) is 0 Å². The Kier molecular flexibility index (Phi) is 3.43. The fraction of sp³-hybridized carbons (Fsp3) is 0.533. The molecule has 19 heavy (non-hydrogen) atoms. The molecule has 0 atom stereocenters. The van der Waals surface area contributed by atoms with Crippen LogP contribution in [0.15, 0.2) is 24.3 Å². The van der Waals surface area contributed by atoms with Crippen LogP contribution in [0.5, 0.6) is 0 Å². The predicted molar refractivity (Wildman–Crippen MR) is 75.9 cm³/mol. The quantitative estimate of drug-likeness (QED) is 0.823. The number of nitrogen functional groups attached to an aromatic ring is 1. The Labute approximate surface area is 114 Å². The molecule has 4 heteroatoms. The number of carbonyl (C=O) groups excluding carboxylic acids is 1. The van der Waals surface area contributed by atoms with Crippen LogP contribution >= 0.6 is 0 Å².